The predicted octanol–water partition coefficient (Wildman–Crippen LogP) is 1.50. The number of aliphatic carboxylic acids is 1. The maximum absolute atomic E-state index is 10.3. The van der Waals surface area contributed by atoms with Crippen molar-refractivity contribution in [2.45, 2.75) is 45.1 Å². The molecule has 1 heterocycles. The molecule has 6 nitrogen and oxygen atoms in total. The minimum absolute atomic E-state index is 0.227. The molecule has 0 radical (unpaired) electrons. The highest BCUT2D eigenvalue weighted by Crippen LogP contribution is 2.04. The van der Waals surface area contributed by atoms with Crippen molar-refractivity contribution < 1.29 is 14.6 Å². The van der Waals surface area contributed by atoms with Crippen LogP contribution in [0.2, 0.25) is 0 Å². The van der Waals surface area contributed by atoms with Crippen molar-refractivity contribution in [2.75, 3.05) is 13.7 Å². The van der Waals surface area contributed by atoms with Gasteiger partial charge >= 0.3 is 5.97 Å². The lowest BCUT2D eigenvalue weighted by Gasteiger charge is -1.99. The molecule has 102 valence electrons. The summed E-state index contributed by atoms with van der Waals surface area (Å²) in [4.78, 5) is 10.3. The van der Waals surface area contributed by atoms with Crippen molar-refractivity contribution in [3.05, 3.63) is 11.9 Å². The highest BCUT2D eigenvalue weighted by atomic mass is 16.5. The molecule has 0 atom stereocenters. The number of carbonyl (C=O) groups is 1. The number of methoxy groups -OCH3 is 1. The molecule has 1 rings (SSSR count). The van der Waals surface area contributed by atoms with Crippen LogP contribution in [0.3, 0.4) is 0 Å². The van der Waals surface area contributed by atoms with Gasteiger partial charge in [-0.2, -0.15) is 0 Å². The second-order valence-electron chi connectivity index (χ2n) is 4.27. The molecule has 0 amide bonds. The van der Waals surface area contributed by atoms with E-state index in [9.17, 15) is 4.79 Å². The number of unbranched alkanes of at least 4 members (excludes halogenated alkanes) is 2. The lowest BCUT2D eigenvalue weighted by molar-refractivity contribution is -0.137. The molecule has 0 fully saturated rings. The van der Waals surface area contributed by atoms with E-state index < -0.39 is 5.97 Å². The average molecular weight is 255 g/mol. The van der Waals surface area contributed by atoms with Crippen LogP contribution in [0.15, 0.2) is 6.20 Å². The van der Waals surface area contributed by atoms with Gasteiger partial charge in [0.1, 0.15) is 0 Å². The maximum atomic E-state index is 10.3. The monoisotopic (exact) mass is 255 g/mol. The van der Waals surface area contributed by atoms with E-state index in [4.69, 9.17) is 9.84 Å². The fraction of sp³-hybridized carbons (Fsp3) is 0.750. The molecule has 6 heteroatoms. The van der Waals surface area contributed by atoms with Crippen LogP contribution >= 0.6 is 0 Å². The van der Waals surface area contributed by atoms with Crippen LogP contribution in [-0.2, 0) is 22.5 Å². The minimum Gasteiger partial charge on any atom is -0.481 e. The Labute approximate surface area is 107 Å². The zero-order chi connectivity index (χ0) is 13.2. The van der Waals surface area contributed by atoms with E-state index in [1.54, 1.807) is 7.11 Å². The van der Waals surface area contributed by atoms with Gasteiger partial charge in [-0.25, -0.2) is 0 Å². The highest BCUT2D eigenvalue weighted by molar-refractivity contribution is 5.66. The lowest BCUT2D eigenvalue weighted by atomic mass is 10.1. The fourth-order valence-corrected chi connectivity index (χ4v) is 1.66. The van der Waals surface area contributed by atoms with E-state index in [0.717, 1.165) is 44.5 Å². The van der Waals surface area contributed by atoms with E-state index in [-0.39, 0.29) is 6.42 Å². The third-order valence-electron chi connectivity index (χ3n) is 2.65. The number of rotatable bonds is 10. The van der Waals surface area contributed by atoms with E-state index >= 15 is 0 Å². The van der Waals surface area contributed by atoms with Gasteiger partial charge in [0.15, 0.2) is 0 Å². The fourth-order valence-electron chi connectivity index (χ4n) is 1.66. The van der Waals surface area contributed by atoms with E-state index in [0.29, 0.717) is 6.42 Å². The Kier molecular flexibility index (Phi) is 7.01. The molecule has 0 aliphatic rings. The molecule has 0 bridgehead atoms. The van der Waals surface area contributed by atoms with Crippen LogP contribution in [-0.4, -0.2) is 39.8 Å². The maximum Gasteiger partial charge on any atom is 0.303 e. The number of ether oxygens (including phenoxy) is 1. The summed E-state index contributed by atoms with van der Waals surface area (Å²) in [7, 11) is 1.70. The van der Waals surface area contributed by atoms with Crippen molar-refractivity contribution in [3.63, 3.8) is 0 Å². The van der Waals surface area contributed by atoms with Gasteiger partial charge in [0, 0.05) is 32.9 Å². The summed E-state index contributed by atoms with van der Waals surface area (Å²) in [5.74, 6) is -0.739. The minimum atomic E-state index is -0.739. The summed E-state index contributed by atoms with van der Waals surface area (Å²) in [5.41, 5.74) is 0.937. The first-order valence-corrected chi connectivity index (χ1v) is 6.32. The third kappa shape index (κ3) is 6.34. The Balaban J connectivity index is 2.15. The molecule has 0 saturated carbocycles. The van der Waals surface area contributed by atoms with E-state index in [2.05, 4.69) is 10.3 Å². The van der Waals surface area contributed by atoms with Crippen molar-refractivity contribution in [1.29, 1.82) is 0 Å². The molecule has 18 heavy (non-hydrogen) atoms. The SMILES string of the molecule is COCCCCn1cc(CCCCC(=O)O)nn1. The number of aryl methyl sites for hydroxylation is 2. The summed E-state index contributed by atoms with van der Waals surface area (Å²) in [6, 6.07) is 0. The molecule has 1 aromatic rings. The van der Waals surface area contributed by atoms with Gasteiger partial charge in [-0.1, -0.05) is 5.21 Å². The first kappa shape index (κ1) is 14.6. The molecule has 0 spiro atoms. The quantitative estimate of drug-likeness (QED) is 0.641. The second-order valence-corrected chi connectivity index (χ2v) is 4.27. The normalized spacial score (nSPS) is 10.7. The number of aromatic nitrogens is 3. The zero-order valence-electron chi connectivity index (χ0n) is 10.8. The van der Waals surface area contributed by atoms with Crippen LogP contribution < -0.4 is 0 Å². The number of hydrogen-bond acceptors (Lipinski definition) is 4. The van der Waals surface area contributed by atoms with Crippen molar-refractivity contribution in [1.82, 2.24) is 15.0 Å². The van der Waals surface area contributed by atoms with E-state index in [1.165, 1.54) is 0 Å². The topological polar surface area (TPSA) is 77.2 Å². The lowest BCUT2D eigenvalue weighted by Crippen LogP contribution is -2.00. The number of carboxylic acids is 1. The Morgan fingerprint density at radius 3 is 2.94 bits per heavy atom. The Morgan fingerprint density at radius 1 is 1.39 bits per heavy atom. The van der Waals surface area contributed by atoms with Crippen molar-refractivity contribution in [3.8, 4) is 0 Å². The number of hydrogen-bond donors (Lipinski definition) is 1. The predicted molar refractivity (Wildman–Crippen MR) is 66.3 cm³/mol. The molecule has 0 aliphatic carbocycles. The Hall–Kier alpha value is -1.43. The Morgan fingerprint density at radius 2 is 2.22 bits per heavy atom. The zero-order valence-corrected chi connectivity index (χ0v) is 10.8. The van der Waals surface area contributed by atoms with Gasteiger partial charge in [-0.15, -0.1) is 5.10 Å². The van der Waals surface area contributed by atoms with Gasteiger partial charge in [0.05, 0.1) is 5.69 Å². The first-order valence-electron chi connectivity index (χ1n) is 6.32. The molecule has 1 N–H and O–H groups in total. The number of carboxylic acid groups (broad SMARTS) is 1. The highest BCUT2D eigenvalue weighted by Gasteiger charge is 2.02. The molecule has 0 unspecified atom stereocenters. The number of nitrogens with zero attached hydrogens (tertiary/aromatic N) is 3. The van der Waals surface area contributed by atoms with Gasteiger partial charge in [0.25, 0.3) is 0 Å². The van der Waals surface area contributed by atoms with Crippen molar-refractivity contribution in [2.24, 2.45) is 0 Å². The van der Waals surface area contributed by atoms with Gasteiger partial charge in [0.2, 0.25) is 0 Å². The molecule has 0 saturated heterocycles. The van der Waals surface area contributed by atoms with Crippen LogP contribution in [0.1, 0.15) is 37.8 Å². The Bertz CT molecular complexity index is 352. The van der Waals surface area contributed by atoms with Gasteiger partial charge in [-0.3, -0.25) is 9.48 Å². The standard InChI is InChI=1S/C12H21N3O3/c1-18-9-5-4-8-15-10-11(13-14-15)6-2-3-7-12(16)17/h10H,2-9H2,1H3,(H,16,17). The molecular weight excluding hydrogens is 234 g/mol. The van der Waals surface area contributed by atoms with Gasteiger partial charge in [-0.05, 0) is 32.1 Å². The van der Waals surface area contributed by atoms with Crippen LogP contribution in [0.5, 0.6) is 0 Å². The summed E-state index contributed by atoms with van der Waals surface area (Å²) >= 11 is 0. The smallest absolute Gasteiger partial charge is 0.303 e. The molecule has 0 aromatic carbocycles. The molecular formula is C12H21N3O3. The van der Waals surface area contributed by atoms with Crippen LogP contribution in [0.25, 0.3) is 0 Å². The summed E-state index contributed by atoms with van der Waals surface area (Å²) < 4.78 is 6.81. The summed E-state index contributed by atoms with van der Waals surface area (Å²) in [6.45, 7) is 1.63. The van der Waals surface area contributed by atoms with Crippen LogP contribution in [0.4, 0.5) is 0 Å². The van der Waals surface area contributed by atoms with Crippen molar-refractivity contribution >= 4 is 5.97 Å². The first-order chi connectivity index (χ1) is 8.72. The molecule has 0 aliphatic heterocycles. The summed E-state index contributed by atoms with van der Waals surface area (Å²) in [5, 5.41) is 16.6. The molecule has 1 aromatic heterocycles. The summed E-state index contributed by atoms with van der Waals surface area (Å²) in [6.07, 6.45) is 6.54. The third-order valence-corrected chi connectivity index (χ3v) is 2.65. The second kappa shape index (κ2) is 8.63. The van der Waals surface area contributed by atoms with Crippen LogP contribution in [0, 0.1) is 0 Å². The average Bonchev–Trinajstić information content (AvgIpc) is 2.78. The van der Waals surface area contributed by atoms with Gasteiger partial charge < -0.3 is 9.84 Å². The van der Waals surface area contributed by atoms with E-state index in [1.807, 2.05) is 10.9 Å². The largest absolute Gasteiger partial charge is 0.481 e.